The summed E-state index contributed by atoms with van der Waals surface area (Å²) >= 11 is 0. The monoisotopic (exact) mass is 287 g/mol. The molecule has 0 unspecified atom stereocenters. The van der Waals surface area contributed by atoms with Gasteiger partial charge in [-0.25, -0.2) is 9.97 Å². The lowest BCUT2D eigenvalue weighted by Crippen LogP contribution is -2.09. The number of anilines is 2. The van der Waals surface area contributed by atoms with Crippen molar-refractivity contribution in [3.63, 3.8) is 0 Å². The van der Waals surface area contributed by atoms with E-state index in [9.17, 15) is 0 Å². The average molecular weight is 287 g/mol. The third-order valence-electron chi connectivity index (χ3n) is 3.10. The number of nitrogens with one attached hydrogen (secondary N) is 2. The van der Waals surface area contributed by atoms with Crippen molar-refractivity contribution in [3.8, 4) is 0 Å². The van der Waals surface area contributed by atoms with E-state index in [-0.39, 0.29) is 0 Å². The smallest absolute Gasteiger partial charge is 0.158 e. The zero-order valence-corrected chi connectivity index (χ0v) is 12.7. The highest BCUT2D eigenvalue weighted by Gasteiger charge is 2.06. The fourth-order valence-corrected chi connectivity index (χ4v) is 2.04. The molecule has 0 aromatic carbocycles. The second-order valence-corrected chi connectivity index (χ2v) is 4.55. The number of hydrogen-bond acceptors (Lipinski definition) is 6. The Kier molecular flexibility index (Phi) is 5.45. The minimum absolute atomic E-state index is 0.383. The summed E-state index contributed by atoms with van der Waals surface area (Å²) in [5.41, 5.74) is 2.28. The maximum Gasteiger partial charge on any atom is 0.158 e. The van der Waals surface area contributed by atoms with Crippen LogP contribution in [-0.2, 0) is 24.3 Å². The minimum Gasteiger partial charge on any atom is -0.377 e. The van der Waals surface area contributed by atoms with E-state index in [0.717, 1.165) is 23.8 Å². The Morgan fingerprint density at radius 2 is 2.05 bits per heavy atom. The summed E-state index contributed by atoms with van der Waals surface area (Å²) in [6.07, 6.45) is 2.77. The van der Waals surface area contributed by atoms with E-state index in [2.05, 4.69) is 38.6 Å². The molecule has 0 radical (unpaired) electrons. The van der Waals surface area contributed by atoms with Crippen molar-refractivity contribution in [2.75, 3.05) is 24.8 Å². The molecule has 0 saturated heterocycles. The maximum atomic E-state index is 5.09. The number of aromatic nitrogens is 3. The number of hydrogen-bond donors (Lipinski definition) is 2. The van der Waals surface area contributed by atoms with Crippen LogP contribution in [0.4, 0.5) is 11.6 Å². The summed E-state index contributed by atoms with van der Waals surface area (Å²) in [6.45, 7) is 3.14. The Morgan fingerprint density at radius 1 is 1.24 bits per heavy atom. The van der Waals surface area contributed by atoms with Crippen LogP contribution in [0.3, 0.4) is 0 Å². The molecule has 0 aliphatic rings. The van der Waals surface area contributed by atoms with Gasteiger partial charge in [0.05, 0.1) is 12.2 Å². The van der Waals surface area contributed by atoms with Crippen molar-refractivity contribution in [1.29, 1.82) is 0 Å². The van der Waals surface area contributed by atoms with Crippen molar-refractivity contribution >= 4 is 11.6 Å². The second-order valence-electron chi connectivity index (χ2n) is 4.55. The summed E-state index contributed by atoms with van der Waals surface area (Å²) < 4.78 is 5.09. The molecule has 112 valence electrons. The first kappa shape index (κ1) is 15.2. The fraction of sp³-hybridized carbons (Fsp3) is 0.400. The van der Waals surface area contributed by atoms with Gasteiger partial charge in [-0.3, -0.25) is 4.98 Å². The Balaban J connectivity index is 2.13. The topological polar surface area (TPSA) is 72.0 Å². The summed E-state index contributed by atoms with van der Waals surface area (Å²) in [7, 11) is 3.46. The van der Waals surface area contributed by atoms with Crippen molar-refractivity contribution in [2.45, 2.75) is 26.5 Å². The molecule has 6 nitrogen and oxygen atoms in total. The number of rotatable bonds is 7. The zero-order chi connectivity index (χ0) is 15.1. The third-order valence-corrected chi connectivity index (χ3v) is 3.10. The quantitative estimate of drug-likeness (QED) is 0.813. The molecule has 0 fully saturated rings. The molecule has 0 spiro atoms. The van der Waals surface area contributed by atoms with Gasteiger partial charge in [0, 0.05) is 26.4 Å². The van der Waals surface area contributed by atoms with Gasteiger partial charge in [-0.15, -0.1) is 0 Å². The van der Waals surface area contributed by atoms with Crippen LogP contribution in [0.15, 0.2) is 24.4 Å². The van der Waals surface area contributed by atoms with Crippen LogP contribution in [0, 0.1) is 0 Å². The van der Waals surface area contributed by atoms with E-state index in [1.807, 2.05) is 25.4 Å². The van der Waals surface area contributed by atoms with Gasteiger partial charge in [0.25, 0.3) is 0 Å². The standard InChI is InChI=1S/C15H21N5O/c1-4-11-6-5-7-17-12(11)9-18-14-8-13(16-2)19-15(20-14)10-21-3/h5-8H,4,9-10H2,1-3H3,(H2,16,18,19,20). The first-order chi connectivity index (χ1) is 10.3. The van der Waals surface area contributed by atoms with E-state index >= 15 is 0 Å². The van der Waals surface area contributed by atoms with E-state index in [0.29, 0.717) is 19.0 Å². The Hall–Kier alpha value is -2.21. The molecule has 0 aliphatic heterocycles. The molecule has 2 aromatic rings. The molecule has 0 atom stereocenters. The minimum atomic E-state index is 0.383. The van der Waals surface area contributed by atoms with E-state index in [4.69, 9.17) is 4.74 Å². The van der Waals surface area contributed by atoms with Gasteiger partial charge in [-0.2, -0.15) is 0 Å². The van der Waals surface area contributed by atoms with E-state index < -0.39 is 0 Å². The van der Waals surface area contributed by atoms with Gasteiger partial charge in [-0.05, 0) is 18.1 Å². The van der Waals surface area contributed by atoms with Gasteiger partial charge in [-0.1, -0.05) is 13.0 Å². The molecule has 2 rings (SSSR count). The molecule has 21 heavy (non-hydrogen) atoms. The number of ether oxygens (including phenoxy) is 1. The fourth-order valence-electron chi connectivity index (χ4n) is 2.04. The normalized spacial score (nSPS) is 10.4. The largest absolute Gasteiger partial charge is 0.377 e. The summed E-state index contributed by atoms with van der Waals surface area (Å²) in [5, 5.41) is 6.32. The molecule has 6 heteroatoms. The highest BCUT2D eigenvalue weighted by atomic mass is 16.5. The lowest BCUT2D eigenvalue weighted by atomic mass is 10.1. The van der Waals surface area contributed by atoms with Crippen molar-refractivity contribution in [1.82, 2.24) is 15.0 Å². The lowest BCUT2D eigenvalue weighted by molar-refractivity contribution is 0.178. The van der Waals surface area contributed by atoms with Crippen LogP contribution in [0.1, 0.15) is 24.0 Å². The average Bonchev–Trinajstić information content (AvgIpc) is 2.53. The van der Waals surface area contributed by atoms with Crippen LogP contribution in [0.2, 0.25) is 0 Å². The molecule has 2 heterocycles. The number of nitrogens with zero attached hydrogens (tertiary/aromatic N) is 3. The predicted molar refractivity (Wildman–Crippen MR) is 83.2 cm³/mol. The molecular weight excluding hydrogens is 266 g/mol. The molecule has 0 aliphatic carbocycles. The summed E-state index contributed by atoms with van der Waals surface area (Å²) in [5.74, 6) is 2.16. The summed E-state index contributed by atoms with van der Waals surface area (Å²) in [6, 6.07) is 5.93. The SMILES string of the molecule is CCc1cccnc1CNc1cc(NC)nc(COC)n1. The van der Waals surface area contributed by atoms with Crippen LogP contribution in [0.5, 0.6) is 0 Å². The third kappa shape index (κ3) is 4.13. The second kappa shape index (κ2) is 7.54. The number of aryl methyl sites for hydroxylation is 1. The van der Waals surface area contributed by atoms with Crippen LogP contribution < -0.4 is 10.6 Å². The van der Waals surface area contributed by atoms with Crippen LogP contribution in [-0.4, -0.2) is 29.1 Å². The van der Waals surface area contributed by atoms with Crippen molar-refractivity contribution in [2.24, 2.45) is 0 Å². The van der Waals surface area contributed by atoms with E-state index in [1.54, 1.807) is 7.11 Å². The molecule has 2 N–H and O–H groups in total. The van der Waals surface area contributed by atoms with Gasteiger partial charge in [0.2, 0.25) is 0 Å². The van der Waals surface area contributed by atoms with Crippen molar-refractivity contribution < 1.29 is 4.74 Å². The lowest BCUT2D eigenvalue weighted by Gasteiger charge is -2.11. The summed E-state index contributed by atoms with van der Waals surface area (Å²) in [4.78, 5) is 13.2. The predicted octanol–water partition coefficient (Wildman–Crippen LogP) is 2.23. The van der Waals surface area contributed by atoms with Crippen molar-refractivity contribution in [3.05, 3.63) is 41.5 Å². The van der Waals surface area contributed by atoms with Gasteiger partial charge >= 0.3 is 0 Å². The number of methoxy groups -OCH3 is 1. The highest BCUT2D eigenvalue weighted by molar-refractivity contribution is 5.47. The zero-order valence-electron chi connectivity index (χ0n) is 12.7. The Bertz CT molecular complexity index is 588. The Morgan fingerprint density at radius 3 is 2.76 bits per heavy atom. The highest BCUT2D eigenvalue weighted by Crippen LogP contribution is 2.14. The van der Waals surface area contributed by atoms with E-state index in [1.165, 1.54) is 5.56 Å². The molecule has 0 bridgehead atoms. The maximum absolute atomic E-state index is 5.09. The van der Waals surface area contributed by atoms with Gasteiger partial charge in [0.1, 0.15) is 18.2 Å². The first-order valence-electron chi connectivity index (χ1n) is 6.98. The molecule has 2 aromatic heterocycles. The Labute approximate surface area is 125 Å². The van der Waals surface area contributed by atoms with Crippen LogP contribution >= 0.6 is 0 Å². The molecular formula is C15H21N5O. The van der Waals surface area contributed by atoms with Gasteiger partial charge in [0.15, 0.2) is 5.82 Å². The van der Waals surface area contributed by atoms with Crippen LogP contribution in [0.25, 0.3) is 0 Å². The van der Waals surface area contributed by atoms with Gasteiger partial charge < -0.3 is 15.4 Å². The molecule has 0 saturated carbocycles. The molecule has 0 amide bonds. The number of pyridine rings is 1. The first-order valence-corrected chi connectivity index (χ1v) is 6.98.